The Morgan fingerprint density at radius 2 is 1.22 bits per heavy atom. The third kappa shape index (κ3) is 11.6. The highest BCUT2D eigenvalue weighted by Gasteiger charge is 2.57. The van der Waals surface area contributed by atoms with Crippen LogP contribution in [0.4, 0.5) is 22.7 Å². The number of allylic oxidation sites excluding steroid dienone is 6. The van der Waals surface area contributed by atoms with Crippen LogP contribution in [0.2, 0.25) is 0 Å². The third-order valence-corrected chi connectivity index (χ3v) is 24.4. The molecule has 0 saturated carbocycles. The number of aromatic hydroxyl groups is 1. The van der Waals surface area contributed by atoms with Gasteiger partial charge in [-0.25, -0.2) is 4.58 Å². The minimum absolute atomic E-state index is 0.115. The van der Waals surface area contributed by atoms with Crippen LogP contribution in [0.3, 0.4) is 0 Å². The number of fused-ring (bicyclic) bond motifs is 8. The quantitative estimate of drug-likeness (QED) is 0.00802. The van der Waals surface area contributed by atoms with Crippen molar-refractivity contribution < 1.29 is 9.68 Å². The molecule has 6 aromatic rings. The number of hydrogen-bond donors (Lipinski definition) is 6. The molecule has 3 fully saturated rings. The van der Waals surface area contributed by atoms with E-state index in [1.54, 1.807) is 23.9 Å². The second kappa shape index (κ2) is 25.1. The molecule has 1 spiro atoms. The van der Waals surface area contributed by atoms with Crippen molar-refractivity contribution in [3.63, 3.8) is 0 Å². The summed E-state index contributed by atoms with van der Waals surface area (Å²) >= 11 is 21.2. The fraction of sp³-hybridized carbons (Fsp3) is 0.364. The van der Waals surface area contributed by atoms with E-state index < -0.39 is 4.08 Å². The molecule has 6 aliphatic rings. The number of thiol groups is 1. The summed E-state index contributed by atoms with van der Waals surface area (Å²) in [4.78, 5) is 9.40. The van der Waals surface area contributed by atoms with Crippen molar-refractivity contribution in [1.82, 2.24) is 14.7 Å². The van der Waals surface area contributed by atoms with Crippen LogP contribution in [-0.2, 0) is 4.08 Å². The molecule has 3 heterocycles. The largest absolute Gasteiger partial charge is 0.508 e. The molecule has 9 N–H and O–H groups in total. The van der Waals surface area contributed by atoms with E-state index in [0.717, 1.165) is 130 Å². The smallest absolute Gasteiger partial charge is 0.274 e. The molecule has 3 saturated heterocycles. The molecule has 3 aliphatic carbocycles. The number of nitrogens with two attached hydrogens (primary N) is 4. The summed E-state index contributed by atoms with van der Waals surface area (Å²) in [7, 11) is 0. The number of rotatable bonds is 16. The van der Waals surface area contributed by atoms with Gasteiger partial charge in [0.05, 0.1) is 13.1 Å². The molecular formula is C66H75N8OS7+. The van der Waals surface area contributed by atoms with Crippen LogP contribution >= 0.6 is 83.7 Å². The summed E-state index contributed by atoms with van der Waals surface area (Å²) < 4.78 is 4.43. The Kier molecular flexibility index (Phi) is 17.7. The lowest BCUT2D eigenvalue weighted by Crippen LogP contribution is -2.47. The van der Waals surface area contributed by atoms with Crippen molar-refractivity contribution >= 4 is 154 Å². The lowest BCUT2D eigenvalue weighted by atomic mass is 9.72. The van der Waals surface area contributed by atoms with Crippen LogP contribution in [0.5, 0.6) is 5.75 Å². The minimum atomic E-state index is -0.413. The number of phenols is 1. The predicted molar refractivity (Wildman–Crippen MR) is 368 cm³/mol. The van der Waals surface area contributed by atoms with Crippen molar-refractivity contribution in [2.75, 3.05) is 111 Å². The van der Waals surface area contributed by atoms with Gasteiger partial charge in [0.1, 0.15) is 14.1 Å². The number of hydrogen-bond acceptors (Lipinski definition) is 14. The van der Waals surface area contributed by atoms with E-state index in [2.05, 4.69) is 118 Å². The van der Waals surface area contributed by atoms with Gasteiger partial charge < -0.3 is 32.9 Å². The SMILES string of the molecule is CCSCCCCN1CCN(C(=S)Sc2c3cc(N)ccc3c(C=C3C(c4ccc(O)cc4S)=C(C=C4c5ccc(N)cc5C5(SC(=[N+]6CCN(CCCCSCC)CC6)S5)c5cc(N)ccc54)[C@@H]4C=C[C@@H]3C4)c3ccc(N)cc23)CC1. The zero-order valence-electron chi connectivity index (χ0n) is 47.0. The number of unbranched alkanes of at least 4 members (excludes halogenated alkanes) is 2. The summed E-state index contributed by atoms with van der Waals surface area (Å²) in [6.45, 7) is 14.9. The summed E-state index contributed by atoms with van der Waals surface area (Å²) in [6, 6.07) is 31.2. The highest BCUT2D eigenvalue weighted by atomic mass is 32.3. The van der Waals surface area contributed by atoms with Crippen molar-refractivity contribution in [1.29, 1.82) is 0 Å². The van der Waals surface area contributed by atoms with Gasteiger partial charge in [-0.2, -0.15) is 23.5 Å². The zero-order chi connectivity index (χ0) is 56.6. The third-order valence-electron chi connectivity index (χ3n) is 17.2. The molecule has 0 aromatic heterocycles. The standard InChI is InChI=1S/C66H74N8OS7/c1-3-78-31-7-5-21-71-23-27-73(28-24-71)64(77)80-63-57-34-43(67)11-16-48(57)55(49-17-12-44(68)35-58(49)63)39-53-41-9-10-42(33-41)54(62(53)52-20-15-47(75)38-61(52)76)40-56-50-18-13-45(69)36-59(50)66(60-37-46(70)14-19-51(56)60)81-65(82-66)74-29-25-72(26-30-74)22-6-8-32-79-4-2/h9-20,34-42H,3-8,21-33,67-70H2,1-2H3,(H-,75,76)/p+1/t41-,42-/m1/s1. The number of piperazine rings is 2. The Balaban J connectivity index is 0.951. The first kappa shape index (κ1) is 57.8. The first-order chi connectivity index (χ1) is 39.9. The number of nitrogen functional groups attached to an aromatic ring is 4. The van der Waals surface area contributed by atoms with Gasteiger partial charge in [-0.15, -0.1) is 12.6 Å². The highest BCUT2D eigenvalue weighted by Crippen LogP contribution is 2.68. The fourth-order valence-corrected chi connectivity index (χ4v) is 19.4. The number of thiocarbonyl (C=S) groups is 1. The Hall–Kier alpha value is -4.62. The van der Waals surface area contributed by atoms with E-state index in [0.29, 0.717) is 16.3 Å². The maximum Gasteiger partial charge on any atom is 0.274 e. The maximum atomic E-state index is 10.9. The van der Waals surface area contributed by atoms with Gasteiger partial charge in [0.15, 0.2) is 13.1 Å². The lowest BCUT2D eigenvalue weighted by molar-refractivity contribution is -0.535. The van der Waals surface area contributed by atoms with Crippen LogP contribution in [0.15, 0.2) is 130 Å². The van der Waals surface area contributed by atoms with Crippen LogP contribution < -0.4 is 22.9 Å². The van der Waals surface area contributed by atoms with E-state index in [9.17, 15) is 5.11 Å². The topological polar surface area (TPSA) is 137 Å². The molecule has 3 aliphatic heterocycles. The van der Waals surface area contributed by atoms with Crippen LogP contribution in [0, 0.1) is 11.8 Å². The lowest BCUT2D eigenvalue weighted by Gasteiger charge is -2.45. The molecule has 0 radical (unpaired) electrons. The van der Waals surface area contributed by atoms with Gasteiger partial charge in [-0.05, 0) is 248 Å². The number of thioether (sulfide) groups is 5. The molecule has 82 heavy (non-hydrogen) atoms. The first-order valence-electron chi connectivity index (χ1n) is 29.2. The predicted octanol–water partition coefficient (Wildman–Crippen LogP) is 14.2. The minimum Gasteiger partial charge on any atom is -0.508 e. The molecule has 9 nitrogen and oxygen atoms in total. The highest BCUT2D eigenvalue weighted by molar-refractivity contribution is 8.53. The van der Waals surface area contributed by atoms with Crippen molar-refractivity contribution in [2.24, 2.45) is 11.8 Å². The van der Waals surface area contributed by atoms with Gasteiger partial charge in [-0.1, -0.05) is 74.2 Å². The Labute approximate surface area is 516 Å². The van der Waals surface area contributed by atoms with Gasteiger partial charge >= 0.3 is 0 Å². The first-order valence-corrected chi connectivity index (χ1v) is 34.8. The van der Waals surface area contributed by atoms with Crippen molar-refractivity contribution in [3.05, 3.63) is 154 Å². The van der Waals surface area contributed by atoms with Crippen molar-refractivity contribution in [2.45, 2.75) is 59.8 Å². The van der Waals surface area contributed by atoms with Crippen LogP contribution in [0.25, 0.3) is 38.8 Å². The zero-order valence-corrected chi connectivity index (χ0v) is 52.8. The molecule has 0 amide bonds. The number of benzene rings is 6. The normalized spacial score (nSPS) is 21.3. The summed E-state index contributed by atoms with van der Waals surface area (Å²) in [5.41, 5.74) is 41.5. The summed E-state index contributed by atoms with van der Waals surface area (Å²) in [5, 5.41) is 15.2. The number of phenolic OH excluding ortho intramolecular Hbond substituents is 1. The van der Waals surface area contributed by atoms with Gasteiger partial charge in [-0.3, -0.25) is 9.80 Å². The molecule has 0 unspecified atom stereocenters. The van der Waals surface area contributed by atoms with E-state index in [-0.39, 0.29) is 17.6 Å². The van der Waals surface area contributed by atoms with E-state index in [1.165, 1.54) is 93.0 Å². The average molecular weight is 1220 g/mol. The molecule has 12 rings (SSSR count). The molecule has 16 heteroatoms. The molecular weight excluding hydrogens is 1150 g/mol. The molecule has 2 bridgehead atoms. The van der Waals surface area contributed by atoms with E-state index in [4.69, 9.17) is 47.8 Å². The number of nitrogens with zero attached hydrogens (tertiary/aromatic N) is 4. The Morgan fingerprint density at radius 3 is 1.80 bits per heavy atom. The Bertz CT molecular complexity index is 3500. The number of anilines is 4. The van der Waals surface area contributed by atoms with Crippen LogP contribution in [0.1, 0.15) is 79.3 Å². The fourth-order valence-electron chi connectivity index (χ4n) is 12.9. The van der Waals surface area contributed by atoms with Gasteiger partial charge in [0.25, 0.3) is 4.38 Å². The second-order valence-corrected chi connectivity index (χ2v) is 30.2. The summed E-state index contributed by atoms with van der Waals surface area (Å²) in [6.07, 6.45) is 15.7. The van der Waals surface area contributed by atoms with Crippen LogP contribution in [-0.4, -0.2) is 122 Å². The monoisotopic (exact) mass is 1220 g/mol. The van der Waals surface area contributed by atoms with E-state index in [1.807, 2.05) is 65.2 Å². The molecule has 6 aromatic carbocycles. The molecule has 2 atom stereocenters. The van der Waals surface area contributed by atoms with Gasteiger partial charge in [0, 0.05) is 70.6 Å². The molecule has 426 valence electrons. The van der Waals surface area contributed by atoms with Crippen molar-refractivity contribution in [3.8, 4) is 5.75 Å². The maximum absolute atomic E-state index is 10.9. The van der Waals surface area contributed by atoms with E-state index >= 15 is 0 Å². The van der Waals surface area contributed by atoms with Gasteiger partial charge in [0.2, 0.25) is 0 Å². The second-order valence-electron chi connectivity index (χ2n) is 22.4. The Morgan fingerprint density at radius 1 is 0.671 bits per heavy atom. The average Bonchev–Trinajstić information content (AvgIpc) is 1.25. The summed E-state index contributed by atoms with van der Waals surface area (Å²) in [5.74, 6) is 5.29.